The van der Waals surface area contributed by atoms with Crippen molar-refractivity contribution < 1.29 is 9.18 Å². The lowest BCUT2D eigenvalue weighted by molar-refractivity contribution is 0.103. The molecule has 2 nitrogen and oxygen atoms in total. The van der Waals surface area contributed by atoms with E-state index in [9.17, 15) is 9.18 Å². The van der Waals surface area contributed by atoms with Gasteiger partial charge in [0.1, 0.15) is 0 Å². The SMILES string of the molecule is O=C(c1ccc(Br)c(Cl)c1F)c1cccc2c1CCNC2. The van der Waals surface area contributed by atoms with Gasteiger partial charge in [-0.15, -0.1) is 0 Å². The van der Waals surface area contributed by atoms with Gasteiger partial charge in [-0.2, -0.15) is 0 Å². The average molecular weight is 369 g/mol. The van der Waals surface area contributed by atoms with Crippen LogP contribution in [0.2, 0.25) is 5.02 Å². The molecule has 0 aliphatic carbocycles. The Hall–Kier alpha value is -1.23. The largest absolute Gasteiger partial charge is 0.312 e. The first-order valence-electron chi connectivity index (χ1n) is 6.59. The highest BCUT2D eigenvalue weighted by molar-refractivity contribution is 9.10. The maximum absolute atomic E-state index is 14.2. The molecule has 0 atom stereocenters. The van der Waals surface area contributed by atoms with Crippen LogP contribution < -0.4 is 5.32 Å². The third kappa shape index (κ3) is 2.63. The molecule has 2 aromatic rings. The molecule has 108 valence electrons. The molecule has 0 radical (unpaired) electrons. The zero-order valence-corrected chi connectivity index (χ0v) is 13.4. The van der Waals surface area contributed by atoms with Crippen LogP contribution in [0.4, 0.5) is 4.39 Å². The Balaban J connectivity index is 2.10. The van der Waals surface area contributed by atoms with Crippen LogP contribution in [0, 0.1) is 5.82 Å². The number of carbonyl (C=O) groups excluding carboxylic acids is 1. The van der Waals surface area contributed by atoms with Crippen molar-refractivity contribution in [2.45, 2.75) is 13.0 Å². The number of ketones is 1. The van der Waals surface area contributed by atoms with Crippen LogP contribution in [0.5, 0.6) is 0 Å². The lowest BCUT2D eigenvalue weighted by atomic mass is 9.91. The molecule has 0 aromatic heterocycles. The third-order valence-electron chi connectivity index (χ3n) is 3.66. The molecule has 1 heterocycles. The van der Waals surface area contributed by atoms with Crippen LogP contribution in [0.3, 0.4) is 0 Å². The van der Waals surface area contributed by atoms with Gasteiger partial charge in [-0.1, -0.05) is 29.8 Å². The Labute approximate surface area is 135 Å². The molecule has 0 amide bonds. The second-order valence-electron chi connectivity index (χ2n) is 4.92. The predicted molar refractivity (Wildman–Crippen MR) is 84.4 cm³/mol. The highest BCUT2D eigenvalue weighted by Gasteiger charge is 2.22. The van der Waals surface area contributed by atoms with Crippen LogP contribution in [0.25, 0.3) is 0 Å². The van der Waals surface area contributed by atoms with Gasteiger partial charge in [0.15, 0.2) is 11.6 Å². The summed E-state index contributed by atoms with van der Waals surface area (Å²) in [7, 11) is 0. The first kappa shape index (κ1) is 14.7. The maximum Gasteiger partial charge on any atom is 0.196 e. The minimum absolute atomic E-state index is 0.00938. The van der Waals surface area contributed by atoms with Crippen LogP contribution in [-0.2, 0) is 13.0 Å². The van der Waals surface area contributed by atoms with E-state index in [0.717, 1.165) is 30.6 Å². The fourth-order valence-electron chi connectivity index (χ4n) is 2.59. The van der Waals surface area contributed by atoms with Crippen molar-refractivity contribution in [3.05, 3.63) is 67.9 Å². The van der Waals surface area contributed by atoms with Crippen LogP contribution in [-0.4, -0.2) is 12.3 Å². The number of nitrogens with one attached hydrogen (secondary N) is 1. The molecule has 0 spiro atoms. The monoisotopic (exact) mass is 367 g/mol. The molecule has 1 aliphatic rings. The van der Waals surface area contributed by atoms with Gasteiger partial charge < -0.3 is 5.32 Å². The predicted octanol–water partition coefficient (Wildman–Crippen LogP) is 4.12. The molecule has 0 fully saturated rings. The Morgan fingerprint density at radius 2 is 2.05 bits per heavy atom. The summed E-state index contributed by atoms with van der Waals surface area (Å²) in [5, 5.41) is 3.20. The Bertz CT molecular complexity index is 732. The number of carbonyl (C=O) groups is 1. The average Bonchev–Trinajstić information content (AvgIpc) is 2.51. The molecule has 0 saturated heterocycles. The first-order valence-corrected chi connectivity index (χ1v) is 7.76. The Morgan fingerprint density at radius 3 is 2.86 bits per heavy atom. The highest BCUT2D eigenvalue weighted by Crippen LogP contribution is 2.30. The zero-order chi connectivity index (χ0) is 15.0. The van der Waals surface area contributed by atoms with Crippen molar-refractivity contribution in [1.29, 1.82) is 0 Å². The van der Waals surface area contributed by atoms with Gasteiger partial charge in [-0.25, -0.2) is 4.39 Å². The molecular formula is C16H12BrClFNO. The lowest BCUT2D eigenvalue weighted by Gasteiger charge is -2.20. The summed E-state index contributed by atoms with van der Waals surface area (Å²) in [4.78, 5) is 12.7. The van der Waals surface area contributed by atoms with E-state index in [1.807, 2.05) is 12.1 Å². The van der Waals surface area contributed by atoms with Gasteiger partial charge in [-0.3, -0.25) is 4.79 Å². The molecule has 21 heavy (non-hydrogen) atoms. The summed E-state index contributed by atoms with van der Waals surface area (Å²) in [6.07, 6.45) is 0.767. The van der Waals surface area contributed by atoms with Crippen molar-refractivity contribution in [1.82, 2.24) is 5.32 Å². The van der Waals surface area contributed by atoms with E-state index in [4.69, 9.17) is 11.6 Å². The van der Waals surface area contributed by atoms with Gasteiger partial charge in [0, 0.05) is 16.6 Å². The molecule has 1 N–H and O–H groups in total. The standard InChI is InChI=1S/C16H12BrClFNO/c17-13-5-4-12(15(19)14(13)18)16(21)11-3-1-2-9-8-20-7-6-10(9)11/h1-5,20H,6-8H2. The quantitative estimate of drug-likeness (QED) is 0.638. The third-order valence-corrected chi connectivity index (χ3v) is 4.92. The van der Waals surface area contributed by atoms with E-state index < -0.39 is 5.82 Å². The smallest absolute Gasteiger partial charge is 0.196 e. The normalized spacial score (nSPS) is 13.9. The number of hydrogen-bond acceptors (Lipinski definition) is 2. The number of hydrogen-bond donors (Lipinski definition) is 1. The molecular weight excluding hydrogens is 357 g/mol. The fraction of sp³-hybridized carbons (Fsp3) is 0.188. The van der Waals surface area contributed by atoms with E-state index >= 15 is 0 Å². The van der Waals surface area contributed by atoms with Gasteiger partial charge >= 0.3 is 0 Å². The molecule has 3 rings (SSSR count). The Kier molecular flexibility index (Phi) is 4.11. The van der Waals surface area contributed by atoms with Crippen molar-refractivity contribution in [3.8, 4) is 0 Å². The number of benzene rings is 2. The summed E-state index contributed by atoms with van der Waals surface area (Å²) in [5.74, 6) is -0.997. The van der Waals surface area contributed by atoms with E-state index in [1.54, 1.807) is 12.1 Å². The van der Waals surface area contributed by atoms with Crippen LogP contribution in [0.1, 0.15) is 27.0 Å². The summed E-state index contributed by atoms with van der Waals surface area (Å²) in [6, 6.07) is 8.63. The van der Waals surface area contributed by atoms with Gasteiger partial charge in [-0.05, 0) is 52.2 Å². The molecule has 2 aromatic carbocycles. The van der Waals surface area contributed by atoms with Crippen LogP contribution >= 0.6 is 27.5 Å². The number of halogens is 3. The molecule has 5 heteroatoms. The summed E-state index contributed by atoms with van der Waals surface area (Å²) in [6.45, 7) is 1.56. The zero-order valence-electron chi connectivity index (χ0n) is 11.1. The van der Waals surface area contributed by atoms with Crippen molar-refractivity contribution >= 4 is 33.3 Å². The van der Waals surface area contributed by atoms with Gasteiger partial charge in [0.05, 0.1) is 10.6 Å². The topological polar surface area (TPSA) is 29.1 Å². The molecule has 0 unspecified atom stereocenters. The van der Waals surface area contributed by atoms with Crippen molar-refractivity contribution in [3.63, 3.8) is 0 Å². The molecule has 1 aliphatic heterocycles. The van der Waals surface area contributed by atoms with Gasteiger partial charge in [0.25, 0.3) is 0 Å². The van der Waals surface area contributed by atoms with E-state index in [0.29, 0.717) is 10.0 Å². The summed E-state index contributed by atoms with van der Waals surface area (Å²) in [5.41, 5.74) is 2.66. The number of fused-ring (bicyclic) bond motifs is 1. The first-order chi connectivity index (χ1) is 10.1. The lowest BCUT2D eigenvalue weighted by Crippen LogP contribution is -2.25. The summed E-state index contributed by atoms with van der Waals surface area (Å²) < 4.78 is 14.7. The van der Waals surface area contributed by atoms with E-state index in [1.165, 1.54) is 6.07 Å². The second-order valence-corrected chi connectivity index (χ2v) is 6.15. The highest BCUT2D eigenvalue weighted by atomic mass is 79.9. The van der Waals surface area contributed by atoms with Gasteiger partial charge in [0.2, 0.25) is 0 Å². The fourth-order valence-corrected chi connectivity index (χ4v) is 3.06. The van der Waals surface area contributed by atoms with E-state index in [2.05, 4.69) is 21.2 Å². The molecule has 0 bridgehead atoms. The minimum Gasteiger partial charge on any atom is -0.312 e. The van der Waals surface area contributed by atoms with Crippen molar-refractivity contribution in [2.24, 2.45) is 0 Å². The second kappa shape index (κ2) is 5.87. The van der Waals surface area contributed by atoms with E-state index in [-0.39, 0.29) is 16.4 Å². The minimum atomic E-state index is -0.678. The Morgan fingerprint density at radius 1 is 1.24 bits per heavy atom. The number of rotatable bonds is 2. The van der Waals surface area contributed by atoms with Crippen molar-refractivity contribution in [2.75, 3.05) is 6.54 Å². The maximum atomic E-state index is 14.2. The van der Waals surface area contributed by atoms with Crippen LogP contribution in [0.15, 0.2) is 34.8 Å². The summed E-state index contributed by atoms with van der Waals surface area (Å²) >= 11 is 9.03. The molecule has 0 saturated carbocycles.